The van der Waals surface area contributed by atoms with Gasteiger partial charge >= 0.3 is 0 Å². The van der Waals surface area contributed by atoms with Gasteiger partial charge in [0.25, 0.3) is 0 Å². The number of hydrogen-bond acceptors (Lipinski definition) is 4. The van der Waals surface area contributed by atoms with Crippen LogP contribution in [-0.4, -0.2) is 49.7 Å². The van der Waals surface area contributed by atoms with Crippen LogP contribution in [0.1, 0.15) is 37.3 Å². The average molecular weight is 439 g/mol. The van der Waals surface area contributed by atoms with Gasteiger partial charge in [-0.25, -0.2) is 0 Å². The molecule has 33 heavy (non-hydrogen) atoms. The zero-order valence-corrected chi connectivity index (χ0v) is 19.1. The molecule has 2 N–H and O–H groups in total. The highest BCUT2D eigenvalue weighted by Crippen LogP contribution is 2.19. The molecule has 5 rings (SSSR count). The maximum absolute atomic E-state index is 4.50. The summed E-state index contributed by atoms with van der Waals surface area (Å²) in [4.78, 5) is 14.6. The molecule has 5 heterocycles. The fraction of sp³-hybridized carbons (Fsp3) is 0.296. The second-order valence-electron chi connectivity index (χ2n) is 8.86. The number of allylic oxidation sites excluding steroid dienone is 2. The summed E-state index contributed by atoms with van der Waals surface area (Å²) in [6.07, 6.45) is 16.6. The number of nitrogens with one attached hydrogen (secondary N) is 2. The van der Waals surface area contributed by atoms with E-state index in [9.17, 15) is 0 Å². The molecule has 0 aliphatic carbocycles. The van der Waals surface area contributed by atoms with Gasteiger partial charge in [-0.1, -0.05) is 12.7 Å². The summed E-state index contributed by atoms with van der Waals surface area (Å²) < 4.78 is 0. The lowest BCUT2D eigenvalue weighted by Crippen LogP contribution is -2.21. The highest BCUT2D eigenvalue weighted by Gasteiger charge is 2.11. The van der Waals surface area contributed by atoms with Crippen molar-refractivity contribution >= 4 is 29.1 Å². The highest BCUT2D eigenvalue weighted by atomic mass is 15.1. The minimum Gasteiger partial charge on any atom is -0.352 e. The number of aryl methyl sites for hydroxylation is 1. The molecule has 1 aliphatic heterocycles. The smallest absolute Gasteiger partial charge is 0.116 e. The van der Waals surface area contributed by atoms with Crippen molar-refractivity contribution in [2.24, 2.45) is 0 Å². The first kappa shape index (κ1) is 21.3. The molecule has 0 spiro atoms. The van der Waals surface area contributed by atoms with E-state index in [1.165, 1.54) is 44.5 Å². The number of nitrogens with zero attached hydrogens (tertiary/aromatic N) is 4. The summed E-state index contributed by atoms with van der Waals surface area (Å²) in [5.41, 5.74) is 6.36. The lowest BCUT2D eigenvalue weighted by Gasteiger charge is -2.14. The van der Waals surface area contributed by atoms with Crippen molar-refractivity contribution in [1.82, 2.24) is 30.0 Å². The Morgan fingerprint density at radius 2 is 2.03 bits per heavy atom. The SMILES string of the molecule is C=c1c(-c2cc3ccncc3[nH]2)n[nH]/c1=C/C=C(\C)c1cncc(CCCN2CCCC2)c1. The number of aromatic amines is 2. The van der Waals surface area contributed by atoms with Gasteiger partial charge in [0.05, 0.1) is 22.8 Å². The molecule has 0 amide bonds. The zero-order valence-electron chi connectivity index (χ0n) is 19.1. The van der Waals surface area contributed by atoms with E-state index in [4.69, 9.17) is 0 Å². The predicted molar refractivity (Wildman–Crippen MR) is 135 cm³/mol. The molecule has 168 valence electrons. The van der Waals surface area contributed by atoms with Crippen LogP contribution in [0.25, 0.3) is 40.5 Å². The van der Waals surface area contributed by atoms with E-state index in [0.29, 0.717) is 0 Å². The van der Waals surface area contributed by atoms with Crippen LogP contribution < -0.4 is 10.6 Å². The Bertz CT molecular complexity index is 1350. The molecule has 0 atom stereocenters. The van der Waals surface area contributed by atoms with Gasteiger partial charge in [-0.15, -0.1) is 0 Å². The normalized spacial score (nSPS) is 15.7. The molecular weight excluding hydrogens is 408 g/mol. The van der Waals surface area contributed by atoms with Crippen LogP contribution in [0.4, 0.5) is 0 Å². The van der Waals surface area contributed by atoms with E-state index in [2.05, 4.69) is 61.8 Å². The summed E-state index contributed by atoms with van der Waals surface area (Å²) in [6, 6.07) is 6.32. The highest BCUT2D eigenvalue weighted by molar-refractivity contribution is 5.84. The van der Waals surface area contributed by atoms with Gasteiger partial charge in [0.2, 0.25) is 0 Å². The summed E-state index contributed by atoms with van der Waals surface area (Å²) in [7, 11) is 0. The Morgan fingerprint density at radius 3 is 2.88 bits per heavy atom. The van der Waals surface area contributed by atoms with Crippen molar-refractivity contribution in [2.45, 2.75) is 32.6 Å². The van der Waals surface area contributed by atoms with E-state index in [1.54, 1.807) is 6.20 Å². The Kier molecular flexibility index (Phi) is 6.17. The van der Waals surface area contributed by atoms with E-state index in [-0.39, 0.29) is 0 Å². The number of hydrogen-bond donors (Lipinski definition) is 2. The van der Waals surface area contributed by atoms with Crippen LogP contribution in [0.5, 0.6) is 0 Å². The molecule has 0 bridgehead atoms. The fourth-order valence-electron chi connectivity index (χ4n) is 4.50. The molecule has 1 fully saturated rings. The summed E-state index contributed by atoms with van der Waals surface area (Å²) in [5, 5.41) is 10.5. The lowest BCUT2D eigenvalue weighted by atomic mass is 10.0. The lowest BCUT2D eigenvalue weighted by molar-refractivity contribution is 0.334. The van der Waals surface area contributed by atoms with Crippen LogP contribution in [0.2, 0.25) is 0 Å². The number of likely N-dealkylation sites (tertiary alicyclic amines) is 1. The quantitative estimate of drug-likeness (QED) is 0.462. The second kappa shape index (κ2) is 9.55. The first-order valence-electron chi connectivity index (χ1n) is 11.7. The molecule has 1 aliphatic rings. The van der Waals surface area contributed by atoms with Crippen LogP contribution >= 0.6 is 0 Å². The number of H-pyrrole nitrogens is 2. The van der Waals surface area contributed by atoms with Gasteiger partial charge in [-0.2, -0.15) is 5.10 Å². The van der Waals surface area contributed by atoms with E-state index in [0.717, 1.165) is 50.4 Å². The van der Waals surface area contributed by atoms with Gasteiger partial charge in [-0.05, 0) is 93.2 Å². The van der Waals surface area contributed by atoms with Crippen molar-refractivity contribution in [1.29, 1.82) is 0 Å². The maximum atomic E-state index is 4.50. The summed E-state index contributed by atoms with van der Waals surface area (Å²) >= 11 is 0. The Hall–Kier alpha value is -3.51. The predicted octanol–water partition coefficient (Wildman–Crippen LogP) is 3.67. The van der Waals surface area contributed by atoms with Gasteiger partial charge in [0, 0.05) is 29.2 Å². The molecule has 4 aromatic heterocycles. The molecule has 1 saturated heterocycles. The fourth-order valence-corrected chi connectivity index (χ4v) is 4.50. The van der Waals surface area contributed by atoms with Crippen LogP contribution in [0.3, 0.4) is 0 Å². The third kappa shape index (κ3) is 4.81. The third-order valence-corrected chi connectivity index (χ3v) is 6.47. The molecule has 0 unspecified atom stereocenters. The monoisotopic (exact) mass is 438 g/mol. The molecule has 4 aromatic rings. The minimum absolute atomic E-state index is 0.824. The minimum atomic E-state index is 0.824. The van der Waals surface area contributed by atoms with Crippen molar-refractivity contribution in [3.63, 3.8) is 0 Å². The van der Waals surface area contributed by atoms with Crippen molar-refractivity contribution < 1.29 is 0 Å². The van der Waals surface area contributed by atoms with E-state index < -0.39 is 0 Å². The Balaban J connectivity index is 1.31. The Labute approximate surface area is 193 Å². The third-order valence-electron chi connectivity index (χ3n) is 6.47. The first-order valence-corrected chi connectivity index (χ1v) is 11.7. The van der Waals surface area contributed by atoms with Crippen LogP contribution in [0, 0.1) is 0 Å². The summed E-state index contributed by atoms with van der Waals surface area (Å²) in [5.74, 6) is 0. The molecule has 6 heteroatoms. The number of fused-ring (bicyclic) bond motifs is 1. The van der Waals surface area contributed by atoms with Crippen molar-refractivity contribution in [2.75, 3.05) is 19.6 Å². The maximum Gasteiger partial charge on any atom is 0.116 e. The van der Waals surface area contributed by atoms with Gasteiger partial charge in [-0.3, -0.25) is 15.1 Å². The van der Waals surface area contributed by atoms with Gasteiger partial charge in [0.15, 0.2) is 0 Å². The topological polar surface area (TPSA) is 73.5 Å². The Morgan fingerprint density at radius 1 is 1.15 bits per heavy atom. The zero-order chi connectivity index (χ0) is 22.6. The molecular formula is C27H30N6. The molecule has 0 aromatic carbocycles. The van der Waals surface area contributed by atoms with Crippen molar-refractivity contribution in [3.05, 3.63) is 70.8 Å². The molecule has 6 nitrogen and oxygen atoms in total. The van der Waals surface area contributed by atoms with Gasteiger partial charge < -0.3 is 9.88 Å². The number of rotatable bonds is 7. The van der Waals surface area contributed by atoms with Crippen LogP contribution in [0.15, 0.2) is 49.1 Å². The molecule has 0 radical (unpaired) electrons. The molecule has 0 saturated carbocycles. The average Bonchev–Trinajstić information content (AvgIpc) is 3.57. The van der Waals surface area contributed by atoms with E-state index >= 15 is 0 Å². The first-order chi connectivity index (χ1) is 16.2. The number of aromatic nitrogens is 5. The summed E-state index contributed by atoms with van der Waals surface area (Å²) in [6.45, 7) is 10.1. The van der Waals surface area contributed by atoms with Gasteiger partial charge in [0.1, 0.15) is 5.69 Å². The van der Waals surface area contributed by atoms with Crippen molar-refractivity contribution in [3.8, 4) is 11.4 Å². The number of pyridine rings is 2. The standard InChI is InChI=1S/C27H30N6/c1-19(23-14-21(16-29-17-23)6-5-13-33-11-3-4-12-33)7-8-24-20(2)27(32-31-24)25-15-22-9-10-28-18-26(22)30-25/h7-10,14-18,30-31H,2-6,11-13H2,1H3/b19-7+,24-8+. The van der Waals surface area contributed by atoms with E-state index in [1.807, 2.05) is 30.7 Å². The second-order valence-corrected chi connectivity index (χ2v) is 8.86. The van der Waals surface area contributed by atoms with Crippen LogP contribution in [-0.2, 0) is 6.42 Å². The largest absolute Gasteiger partial charge is 0.352 e.